The molecule has 2 unspecified atom stereocenters. The fraction of sp³-hybridized carbons (Fsp3) is 0.323. The van der Waals surface area contributed by atoms with Gasteiger partial charge < -0.3 is 23.5 Å². The first kappa shape index (κ1) is 27.9. The van der Waals surface area contributed by atoms with Gasteiger partial charge in [-0.1, -0.05) is 48.5 Å². The number of halogens is 3. The highest BCUT2D eigenvalue weighted by atomic mass is 19.4. The molecule has 1 aromatic heterocycles. The quantitative estimate of drug-likeness (QED) is 0.212. The minimum atomic E-state index is -4.34. The third-order valence-corrected chi connectivity index (χ3v) is 6.92. The van der Waals surface area contributed by atoms with Crippen LogP contribution in [0.1, 0.15) is 23.1 Å². The van der Waals surface area contributed by atoms with Crippen LogP contribution in [0.2, 0.25) is 0 Å². The largest absolute Gasteiger partial charge is 0.497 e. The van der Waals surface area contributed by atoms with Crippen LogP contribution in [-0.4, -0.2) is 41.8 Å². The van der Waals surface area contributed by atoms with Crippen LogP contribution in [0.5, 0.6) is 5.75 Å². The van der Waals surface area contributed by atoms with Crippen molar-refractivity contribution in [3.05, 3.63) is 108 Å². The van der Waals surface area contributed by atoms with Gasteiger partial charge in [0.05, 0.1) is 45.4 Å². The fourth-order valence-electron chi connectivity index (χ4n) is 4.73. The van der Waals surface area contributed by atoms with Crippen LogP contribution in [-0.2, 0) is 40.0 Å². The number of methoxy groups -OCH3 is 1. The summed E-state index contributed by atoms with van der Waals surface area (Å²) < 4.78 is 64.3. The molecule has 40 heavy (non-hydrogen) atoms. The molecule has 210 valence electrons. The van der Waals surface area contributed by atoms with Gasteiger partial charge in [0.2, 0.25) is 0 Å². The Kier molecular flexibility index (Phi) is 8.54. The van der Waals surface area contributed by atoms with Crippen LogP contribution in [0.3, 0.4) is 0 Å². The smallest absolute Gasteiger partial charge is 0.416 e. The third kappa shape index (κ3) is 7.10. The second-order valence-corrected chi connectivity index (χ2v) is 9.83. The Morgan fingerprint density at radius 2 is 1.62 bits per heavy atom. The zero-order valence-electron chi connectivity index (χ0n) is 22.1. The van der Waals surface area contributed by atoms with Gasteiger partial charge in [0.25, 0.3) is 0 Å². The number of hydrogen-bond donors (Lipinski definition) is 0. The van der Waals surface area contributed by atoms with Crippen molar-refractivity contribution in [3.63, 3.8) is 0 Å². The van der Waals surface area contributed by atoms with Gasteiger partial charge in [-0.05, 0) is 52.9 Å². The van der Waals surface area contributed by atoms with Gasteiger partial charge in [-0.15, -0.1) is 0 Å². The average Bonchev–Trinajstić information content (AvgIpc) is 3.63. The molecule has 9 heteroatoms. The molecule has 0 bridgehead atoms. The van der Waals surface area contributed by atoms with E-state index in [-0.39, 0.29) is 6.10 Å². The summed E-state index contributed by atoms with van der Waals surface area (Å²) in [5.74, 6) is 0.0227. The normalized spacial score (nSPS) is 19.1. The van der Waals surface area contributed by atoms with E-state index in [1.54, 1.807) is 19.6 Å². The lowest BCUT2D eigenvalue weighted by Crippen LogP contribution is -2.37. The van der Waals surface area contributed by atoms with Gasteiger partial charge in [0, 0.05) is 18.8 Å². The maximum atomic E-state index is 12.8. The van der Waals surface area contributed by atoms with E-state index in [0.29, 0.717) is 32.8 Å². The molecule has 0 amide bonds. The van der Waals surface area contributed by atoms with E-state index in [1.807, 2.05) is 59.3 Å². The van der Waals surface area contributed by atoms with Crippen LogP contribution >= 0.6 is 0 Å². The zero-order chi connectivity index (χ0) is 28.0. The summed E-state index contributed by atoms with van der Waals surface area (Å²) in [7, 11) is 1.65. The van der Waals surface area contributed by atoms with Crippen LogP contribution in [0.15, 0.2) is 91.5 Å². The van der Waals surface area contributed by atoms with Gasteiger partial charge in [-0.25, -0.2) is 4.98 Å². The summed E-state index contributed by atoms with van der Waals surface area (Å²) in [5.41, 5.74) is 3.03. The molecular weight excluding hydrogens is 521 g/mol. The predicted molar refractivity (Wildman–Crippen MR) is 144 cm³/mol. The number of nitrogens with zero attached hydrogens (tertiary/aromatic N) is 2. The Bertz CT molecular complexity index is 1340. The molecule has 4 aromatic rings. The molecule has 3 aromatic carbocycles. The minimum absolute atomic E-state index is 0.217. The highest BCUT2D eigenvalue weighted by Crippen LogP contribution is 2.32. The van der Waals surface area contributed by atoms with Gasteiger partial charge in [-0.3, -0.25) is 0 Å². The van der Waals surface area contributed by atoms with Gasteiger partial charge >= 0.3 is 6.18 Å². The summed E-state index contributed by atoms with van der Waals surface area (Å²) in [6.45, 7) is 1.69. The van der Waals surface area contributed by atoms with Crippen molar-refractivity contribution in [2.24, 2.45) is 0 Å². The number of imidazole rings is 1. The second kappa shape index (κ2) is 12.2. The number of benzene rings is 3. The maximum absolute atomic E-state index is 12.8. The molecular formula is C31H31F3N2O4. The Balaban J connectivity index is 1.14. The summed E-state index contributed by atoms with van der Waals surface area (Å²) in [6, 6.07) is 20.7. The summed E-state index contributed by atoms with van der Waals surface area (Å²) in [4.78, 5) is 4.14. The molecule has 0 aliphatic carbocycles. The number of rotatable bonds is 11. The van der Waals surface area contributed by atoms with E-state index in [4.69, 9.17) is 18.9 Å². The molecule has 5 rings (SSSR count). The van der Waals surface area contributed by atoms with E-state index >= 15 is 0 Å². The van der Waals surface area contributed by atoms with E-state index in [9.17, 15) is 13.2 Å². The maximum Gasteiger partial charge on any atom is 0.416 e. The lowest BCUT2D eigenvalue weighted by atomic mass is 10.0. The van der Waals surface area contributed by atoms with E-state index in [0.717, 1.165) is 46.6 Å². The summed E-state index contributed by atoms with van der Waals surface area (Å²) >= 11 is 0. The molecule has 2 atom stereocenters. The molecule has 0 N–H and O–H groups in total. The first-order valence-corrected chi connectivity index (χ1v) is 13.1. The molecule has 1 saturated heterocycles. The van der Waals surface area contributed by atoms with Crippen molar-refractivity contribution in [2.75, 3.05) is 20.3 Å². The standard InChI is InChI=1S/C31H31F3N2O4/c1-37-28-12-4-23(5-13-28)14-15-30(21-36-17-16-35-22-36)39-20-29(40-30)19-38-18-24-2-6-25(7-3-24)26-8-10-27(11-9-26)31(32,33)34/h2-13,16-17,22,29H,14-15,18-21H2,1H3. The van der Waals surface area contributed by atoms with Crippen LogP contribution in [0.4, 0.5) is 13.2 Å². The van der Waals surface area contributed by atoms with E-state index < -0.39 is 17.5 Å². The highest BCUT2D eigenvalue weighted by Gasteiger charge is 2.41. The predicted octanol–water partition coefficient (Wildman–Crippen LogP) is 6.54. The molecule has 1 aliphatic heterocycles. The second-order valence-electron chi connectivity index (χ2n) is 9.83. The topological polar surface area (TPSA) is 54.7 Å². The number of ether oxygens (including phenoxy) is 4. The number of aromatic nitrogens is 2. The number of aryl methyl sites for hydroxylation is 1. The monoisotopic (exact) mass is 552 g/mol. The van der Waals surface area contributed by atoms with Crippen LogP contribution in [0.25, 0.3) is 11.1 Å². The third-order valence-electron chi connectivity index (χ3n) is 6.92. The van der Waals surface area contributed by atoms with Crippen molar-refractivity contribution in [1.82, 2.24) is 9.55 Å². The molecule has 2 heterocycles. The Morgan fingerprint density at radius 3 is 2.25 bits per heavy atom. The molecule has 6 nitrogen and oxygen atoms in total. The lowest BCUT2D eigenvalue weighted by molar-refractivity contribution is -0.187. The molecule has 1 fully saturated rings. The van der Waals surface area contributed by atoms with Crippen molar-refractivity contribution in [3.8, 4) is 16.9 Å². The van der Waals surface area contributed by atoms with Crippen LogP contribution in [0, 0.1) is 0 Å². The summed E-state index contributed by atoms with van der Waals surface area (Å²) in [6.07, 6.45) is 2.25. The van der Waals surface area contributed by atoms with Crippen molar-refractivity contribution in [2.45, 2.75) is 44.1 Å². The average molecular weight is 553 g/mol. The van der Waals surface area contributed by atoms with Crippen molar-refractivity contribution < 1.29 is 32.1 Å². The molecule has 0 spiro atoms. The van der Waals surface area contributed by atoms with E-state index in [2.05, 4.69) is 4.98 Å². The van der Waals surface area contributed by atoms with E-state index in [1.165, 1.54) is 12.1 Å². The molecule has 1 aliphatic rings. The minimum Gasteiger partial charge on any atom is -0.497 e. The Hall–Kier alpha value is -3.66. The number of alkyl halides is 3. The molecule has 0 saturated carbocycles. The molecule has 0 radical (unpaired) electrons. The zero-order valence-corrected chi connectivity index (χ0v) is 22.1. The van der Waals surface area contributed by atoms with Crippen molar-refractivity contribution >= 4 is 0 Å². The Morgan fingerprint density at radius 1 is 0.950 bits per heavy atom. The van der Waals surface area contributed by atoms with Gasteiger partial charge in [0.1, 0.15) is 11.9 Å². The van der Waals surface area contributed by atoms with Gasteiger partial charge in [0.15, 0.2) is 5.79 Å². The lowest BCUT2D eigenvalue weighted by Gasteiger charge is -2.28. The summed E-state index contributed by atoms with van der Waals surface area (Å²) in [5, 5.41) is 0. The first-order chi connectivity index (χ1) is 19.3. The van der Waals surface area contributed by atoms with Gasteiger partial charge in [-0.2, -0.15) is 13.2 Å². The Labute approximate surface area is 231 Å². The highest BCUT2D eigenvalue weighted by molar-refractivity contribution is 5.64. The SMILES string of the molecule is COc1ccc(CCC2(Cn3ccnc3)OCC(COCc3ccc(-c4ccc(C(F)(F)F)cc4)cc3)O2)cc1. The first-order valence-electron chi connectivity index (χ1n) is 13.1. The van der Waals surface area contributed by atoms with Crippen LogP contribution < -0.4 is 4.74 Å². The number of hydrogen-bond acceptors (Lipinski definition) is 5. The fourth-order valence-corrected chi connectivity index (χ4v) is 4.73. The van der Waals surface area contributed by atoms with Crippen molar-refractivity contribution in [1.29, 1.82) is 0 Å².